The summed E-state index contributed by atoms with van der Waals surface area (Å²) >= 11 is 0. The van der Waals surface area contributed by atoms with Crippen LogP contribution < -0.4 is 5.32 Å². The maximum absolute atomic E-state index is 10.5. The molecule has 0 aromatic heterocycles. The van der Waals surface area contributed by atoms with E-state index in [-0.39, 0.29) is 5.92 Å². The number of nitrogens with one attached hydrogen (secondary N) is 1. The number of hydrogen-bond acceptors (Lipinski definition) is 2. The predicted octanol–water partition coefficient (Wildman–Crippen LogP) is 1.34. The smallest absolute Gasteiger partial charge is 0.306 e. The lowest BCUT2D eigenvalue weighted by atomic mass is 9.95. The second kappa shape index (κ2) is 6.00. The highest BCUT2D eigenvalue weighted by Gasteiger charge is 2.14. The van der Waals surface area contributed by atoms with E-state index in [1.807, 2.05) is 7.05 Å². The standard InChI is InChI=1S/C9H19NO2/c1-7(4-5-10-3)6-8(2)9(11)12/h7-8,10H,4-6H2,1-3H3,(H,11,12). The van der Waals surface area contributed by atoms with Gasteiger partial charge in [0.2, 0.25) is 0 Å². The highest BCUT2D eigenvalue weighted by Crippen LogP contribution is 2.14. The molecular formula is C9H19NO2. The first-order valence-electron chi connectivity index (χ1n) is 4.45. The first-order valence-corrected chi connectivity index (χ1v) is 4.45. The molecule has 3 heteroatoms. The van der Waals surface area contributed by atoms with Crippen molar-refractivity contribution >= 4 is 5.97 Å². The molecule has 2 N–H and O–H groups in total. The van der Waals surface area contributed by atoms with Crippen LogP contribution in [0.5, 0.6) is 0 Å². The quantitative estimate of drug-likeness (QED) is 0.637. The fourth-order valence-corrected chi connectivity index (χ4v) is 1.21. The van der Waals surface area contributed by atoms with Gasteiger partial charge in [-0.05, 0) is 32.4 Å². The molecule has 0 saturated carbocycles. The van der Waals surface area contributed by atoms with Crippen molar-refractivity contribution < 1.29 is 9.90 Å². The molecule has 0 spiro atoms. The van der Waals surface area contributed by atoms with Crippen molar-refractivity contribution in [3.8, 4) is 0 Å². The van der Waals surface area contributed by atoms with Crippen molar-refractivity contribution in [2.24, 2.45) is 11.8 Å². The normalized spacial score (nSPS) is 15.6. The fraction of sp³-hybridized carbons (Fsp3) is 0.889. The largest absolute Gasteiger partial charge is 0.481 e. The second-order valence-corrected chi connectivity index (χ2v) is 3.47. The third kappa shape index (κ3) is 5.13. The van der Waals surface area contributed by atoms with Gasteiger partial charge >= 0.3 is 5.97 Å². The summed E-state index contributed by atoms with van der Waals surface area (Å²) in [6, 6.07) is 0. The number of hydrogen-bond donors (Lipinski definition) is 2. The molecule has 2 unspecified atom stereocenters. The SMILES string of the molecule is CNCCC(C)CC(C)C(=O)O. The summed E-state index contributed by atoms with van der Waals surface area (Å²) in [5.74, 6) is -0.410. The van der Waals surface area contributed by atoms with Gasteiger partial charge in [0.15, 0.2) is 0 Å². The van der Waals surface area contributed by atoms with Crippen LogP contribution >= 0.6 is 0 Å². The third-order valence-corrected chi connectivity index (χ3v) is 2.06. The Balaban J connectivity index is 3.53. The molecule has 0 heterocycles. The maximum Gasteiger partial charge on any atom is 0.306 e. The van der Waals surface area contributed by atoms with Gasteiger partial charge in [-0.25, -0.2) is 0 Å². The van der Waals surface area contributed by atoms with Gasteiger partial charge in [0.25, 0.3) is 0 Å². The molecule has 12 heavy (non-hydrogen) atoms. The van der Waals surface area contributed by atoms with Crippen LogP contribution in [0, 0.1) is 11.8 Å². The number of rotatable bonds is 6. The second-order valence-electron chi connectivity index (χ2n) is 3.47. The molecule has 0 rings (SSSR count). The number of carbonyl (C=O) groups is 1. The summed E-state index contributed by atoms with van der Waals surface area (Å²) in [5.41, 5.74) is 0. The van der Waals surface area contributed by atoms with E-state index in [0.717, 1.165) is 19.4 Å². The Morgan fingerprint density at radius 2 is 2.08 bits per heavy atom. The lowest BCUT2D eigenvalue weighted by Gasteiger charge is -2.13. The Hall–Kier alpha value is -0.570. The highest BCUT2D eigenvalue weighted by atomic mass is 16.4. The molecule has 0 amide bonds. The van der Waals surface area contributed by atoms with Gasteiger partial charge in [-0.15, -0.1) is 0 Å². The van der Waals surface area contributed by atoms with Crippen molar-refractivity contribution in [3.05, 3.63) is 0 Å². The lowest BCUT2D eigenvalue weighted by molar-refractivity contribution is -0.141. The minimum absolute atomic E-state index is 0.211. The topological polar surface area (TPSA) is 49.3 Å². The molecule has 0 fully saturated rings. The zero-order valence-corrected chi connectivity index (χ0v) is 8.13. The monoisotopic (exact) mass is 173 g/mol. The summed E-state index contributed by atoms with van der Waals surface area (Å²) in [6.45, 7) is 4.82. The zero-order chi connectivity index (χ0) is 9.56. The van der Waals surface area contributed by atoms with Crippen molar-refractivity contribution in [2.75, 3.05) is 13.6 Å². The van der Waals surface area contributed by atoms with Crippen molar-refractivity contribution in [1.29, 1.82) is 0 Å². The summed E-state index contributed by atoms with van der Waals surface area (Å²) in [5, 5.41) is 11.7. The Labute approximate surface area is 74.2 Å². The van der Waals surface area contributed by atoms with E-state index in [4.69, 9.17) is 5.11 Å². The van der Waals surface area contributed by atoms with Gasteiger partial charge in [-0.1, -0.05) is 13.8 Å². The Kier molecular flexibility index (Phi) is 5.72. The number of carboxylic acid groups (broad SMARTS) is 1. The van der Waals surface area contributed by atoms with Gasteiger partial charge < -0.3 is 10.4 Å². The van der Waals surface area contributed by atoms with Gasteiger partial charge in [-0.3, -0.25) is 4.79 Å². The van der Waals surface area contributed by atoms with Crippen LogP contribution in [0.1, 0.15) is 26.7 Å². The summed E-state index contributed by atoms with van der Waals surface area (Å²) < 4.78 is 0. The van der Waals surface area contributed by atoms with Crippen LogP contribution in [0.25, 0.3) is 0 Å². The molecule has 3 nitrogen and oxygen atoms in total. The van der Waals surface area contributed by atoms with Crippen LogP contribution in [0.4, 0.5) is 0 Å². The Morgan fingerprint density at radius 1 is 1.50 bits per heavy atom. The first kappa shape index (κ1) is 11.4. The molecule has 72 valence electrons. The number of aliphatic carboxylic acids is 1. The van der Waals surface area contributed by atoms with Crippen LogP contribution in [0.15, 0.2) is 0 Å². The lowest BCUT2D eigenvalue weighted by Crippen LogP contribution is -2.17. The van der Waals surface area contributed by atoms with Gasteiger partial charge in [0, 0.05) is 0 Å². The summed E-state index contributed by atoms with van der Waals surface area (Å²) in [7, 11) is 1.91. The van der Waals surface area contributed by atoms with Crippen molar-refractivity contribution in [2.45, 2.75) is 26.7 Å². The highest BCUT2D eigenvalue weighted by molar-refractivity contribution is 5.69. The van der Waals surface area contributed by atoms with E-state index in [1.54, 1.807) is 6.92 Å². The molecule has 0 aromatic rings. The first-order chi connectivity index (χ1) is 5.57. The van der Waals surface area contributed by atoms with Crippen LogP contribution in [0.2, 0.25) is 0 Å². The van der Waals surface area contributed by atoms with Crippen LogP contribution in [0.3, 0.4) is 0 Å². The molecule has 0 aliphatic rings. The molecule has 0 radical (unpaired) electrons. The fourth-order valence-electron chi connectivity index (χ4n) is 1.21. The molecule has 2 atom stereocenters. The molecular weight excluding hydrogens is 154 g/mol. The van der Waals surface area contributed by atoms with Crippen LogP contribution in [-0.4, -0.2) is 24.7 Å². The summed E-state index contributed by atoms with van der Waals surface area (Å²) in [4.78, 5) is 10.5. The average Bonchev–Trinajstić information content (AvgIpc) is 2.00. The zero-order valence-electron chi connectivity index (χ0n) is 8.13. The maximum atomic E-state index is 10.5. The van der Waals surface area contributed by atoms with Crippen molar-refractivity contribution in [3.63, 3.8) is 0 Å². The minimum Gasteiger partial charge on any atom is -0.481 e. The van der Waals surface area contributed by atoms with Gasteiger partial charge in [0.1, 0.15) is 0 Å². The van der Waals surface area contributed by atoms with Gasteiger partial charge in [-0.2, -0.15) is 0 Å². The molecule has 0 aliphatic heterocycles. The van der Waals surface area contributed by atoms with Crippen LogP contribution in [-0.2, 0) is 4.79 Å². The van der Waals surface area contributed by atoms with E-state index < -0.39 is 5.97 Å². The van der Waals surface area contributed by atoms with E-state index in [1.165, 1.54) is 0 Å². The predicted molar refractivity (Wildman–Crippen MR) is 49.1 cm³/mol. The van der Waals surface area contributed by atoms with Crippen molar-refractivity contribution in [1.82, 2.24) is 5.32 Å². The Morgan fingerprint density at radius 3 is 2.50 bits per heavy atom. The number of carboxylic acids is 1. The summed E-state index contributed by atoms with van der Waals surface area (Å²) in [6.07, 6.45) is 1.82. The molecule has 0 aliphatic carbocycles. The van der Waals surface area contributed by atoms with E-state index in [9.17, 15) is 4.79 Å². The molecule has 0 aromatic carbocycles. The van der Waals surface area contributed by atoms with E-state index in [2.05, 4.69) is 12.2 Å². The third-order valence-electron chi connectivity index (χ3n) is 2.06. The Bertz CT molecular complexity index is 136. The molecule has 0 bridgehead atoms. The molecule has 0 saturated heterocycles. The average molecular weight is 173 g/mol. The minimum atomic E-state index is -0.689. The van der Waals surface area contributed by atoms with Gasteiger partial charge in [0.05, 0.1) is 5.92 Å². The van der Waals surface area contributed by atoms with E-state index in [0.29, 0.717) is 5.92 Å². The van der Waals surface area contributed by atoms with E-state index >= 15 is 0 Å².